The van der Waals surface area contributed by atoms with Gasteiger partial charge in [-0.05, 0) is 0 Å². The molecule has 0 fully saturated rings. The van der Waals surface area contributed by atoms with Crippen LogP contribution in [0.4, 0.5) is 0 Å². The van der Waals surface area contributed by atoms with Gasteiger partial charge < -0.3 is 0 Å². The van der Waals surface area contributed by atoms with Crippen LogP contribution in [0, 0.1) is 12.0 Å². The molecule has 50 valence electrons. The molecule has 0 spiro atoms. The van der Waals surface area contributed by atoms with E-state index in [1.54, 1.807) is 0 Å². The summed E-state index contributed by atoms with van der Waals surface area (Å²) in [5.74, 6) is 2.47. The standard InChI is InChI=1S/C6H4N2O2/c9-5-7-3-1-2-4-8-6-10/h1,3H2. The summed E-state index contributed by atoms with van der Waals surface area (Å²) in [4.78, 5) is 25.1. The first-order chi connectivity index (χ1) is 4.91. The molecule has 0 heterocycles. The number of rotatable bonds is 2. The van der Waals surface area contributed by atoms with Crippen LogP contribution in [0.15, 0.2) is 9.98 Å². The lowest BCUT2D eigenvalue weighted by Gasteiger charge is -1.73. The summed E-state index contributed by atoms with van der Waals surface area (Å²) < 4.78 is 0. The van der Waals surface area contributed by atoms with Crippen LogP contribution < -0.4 is 0 Å². The first-order valence-corrected chi connectivity index (χ1v) is 2.50. The van der Waals surface area contributed by atoms with Crippen LogP contribution in [0.2, 0.25) is 0 Å². The van der Waals surface area contributed by atoms with Crippen LogP contribution >= 0.6 is 0 Å². The second-order valence-corrected chi connectivity index (χ2v) is 1.21. The molecule has 0 radical (unpaired) electrons. The summed E-state index contributed by atoms with van der Waals surface area (Å²) in [5.41, 5.74) is 0. The molecular weight excluding hydrogens is 132 g/mol. The maximum atomic E-state index is 9.47. The van der Waals surface area contributed by atoms with Crippen molar-refractivity contribution in [2.24, 2.45) is 9.98 Å². The van der Waals surface area contributed by atoms with E-state index in [2.05, 4.69) is 21.9 Å². The van der Waals surface area contributed by atoms with E-state index in [1.165, 1.54) is 12.2 Å². The molecule has 0 aromatic heterocycles. The Morgan fingerprint density at radius 2 is 2.00 bits per heavy atom. The van der Waals surface area contributed by atoms with E-state index in [9.17, 15) is 9.59 Å². The zero-order valence-corrected chi connectivity index (χ0v) is 5.13. The fraction of sp³-hybridized carbons (Fsp3) is 0.333. The lowest BCUT2D eigenvalue weighted by atomic mass is 10.4. The van der Waals surface area contributed by atoms with Crippen molar-refractivity contribution in [3.63, 3.8) is 0 Å². The highest BCUT2D eigenvalue weighted by Gasteiger charge is 1.72. The second kappa shape index (κ2) is 7.32. The Kier molecular flexibility index (Phi) is 6.09. The highest BCUT2D eigenvalue weighted by molar-refractivity contribution is 5.36. The summed E-state index contributed by atoms with van der Waals surface area (Å²) in [6.07, 6.45) is 3.01. The average Bonchev–Trinajstić information content (AvgIpc) is 1.97. The molecule has 0 rings (SSSR count). The minimum absolute atomic E-state index is 0.297. The van der Waals surface area contributed by atoms with Crippen molar-refractivity contribution in [1.82, 2.24) is 0 Å². The molecule has 4 heteroatoms. The van der Waals surface area contributed by atoms with Gasteiger partial charge in [0.2, 0.25) is 12.2 Å². The number of carbonyl (C=O) groups excluding carboxylic acids is 2. The van der Waals surface area contributed by atoms with Crippen molar-refractivity contribution >= 4 is 12.2 Å². The van der Waals surface area contributed by atoms with Crippen LogP contribution in [0.3, 0.4) is 0 Å². The van der Waals surface area contributed by atoms with Crippen molar-refractivity contribution in [3.8, 4) is 12.0 Å². The van der Waals surface area contributed by atoms with Gasteiger partial charge >= 0.3 is 0 Å². The molecule has 0 unspecified atom stereocenters. The molecule has 0 aliphatic rings. The molecule has 10 heavy (non-hydrogen) atoms. The molecule has 0 amide bonds. The number of aliphatic imine (C=N–C) groups is 2. The minimum Gasteiger partial charge on any atom is -0.211 e. The number of hydrogen-bond donors (Lipinski definition) is 0. The van der Waals surface area contributed by atoms with Crippen molar-refractivity contribution in [3.05, 3.63) is 0 Å². The Hall–Kier alpha value is -1.68. The first-order valence-electron chi connectivity index (χ1n) is 2.50. The maximum Gasteiger partial charge on any atom is 0.249 e. The predicted molar refractivity (Wildman–Crippen MR) is 33.5 cm³/mol. The van der Waals surface area contributed by atoms with Gasteiger partial charge in [0, 0.05) is 12.5 Å². The van der Waals surface area contributed by atoms with Gasteiger partial charge in [0.15, 0.2) is 0 Å². The number of hydrogen-bond acceptors (Lipinski definition) is 4. The van der Waals surface area contributed by atoms with Crippen LogP contribution in [0.1, 0.15) is 6.42 Å². The Labute approximate surface area is 57.7 Å². The van der Waals surface area contributed by atoms with Gasteiger partial charge in [0.05, 0.1) is 6.54 Å². The summed E-state index contributed by atoms with van der Waals surface area (Å²) in [5, 5.41) is 0. The second-order valence-electron chi connectivity index (χ2n) is 1.21. The molecule has 0 aliphatic carbocycles. The number of nitrogens with zero attached hydrogens (tertiary/aromatic N) is 2. The first kappa shape index (κ1) is 8.32. The molecule has 0 saturated heterocycles. The van der Waals surface area contributed by atoms with Crippen molar-refractivity contribution < 1.29 is 9.59 Å². The van der Waals surface area contributed by atoms with Gasteiger partial charge in [0.1, 0.15) is 0 Å². The Morgan fingerprint density at radius 3 is 2.60 bits per heavy atom. The summed E-state index contributed by atoms with van der Waals surface area (Å²) >= 11 is 0. The highest BCUT2D eigenvalue weighted by Crippen LogP contribution is 1.74. The third-order valence-electron chi connectivity index (χ3n) is 0.594. The normalized spacial score (nSPS) is 6.00. The smallest absolute Gasteiger partial charge is 0.211 e. The third-order valence-corrected chi connectivity index (χ3v) is 0.594. The molecule has 0 aromatic carbocycles. The third kappa shape index (κ3) is 6.32. The summed E-state index contributed by atoms with van der Waals surface area (Å²) in [6.45, 7) is 0.297. The van der Waals surface area contributed by atoms with Crippen LogP contribution in [-0.2, 0) is 9.59 Å². The van der Waals surface area contributed by atoms with E-state index in [0.29, 0.717) is 13.0 Å². The molecule has 0 aromatic rings. The van der Waals surface area contributed by atoms with E-state index >= 15 is 0 Å². The Bertz CT molecular complexity index is 236. The van der Waals surface area contributed by atoms with Crippen molar-refractivity contribution in [2.45, 2.75) is 6.42 Å². The number of isocyanates is 2. The van der Waals surface area contributed by atoms with E-state index < -0.39 is 0 Å². The Morgan fingerprint density at radius 1 is 1.20 bits per heavy atom. The largest absolute Gasteiger partial charge is 0.249 e. The van der Waals surface area contributed by atoms with Crippen LogP contribution in [0.25, 0.3) is 0 Å². The molecule has 4 nitrogen and oxygen atoms in total. The van der Waals surface area contributed by atoms with E-state index in [-0.39, 0.29) is 0 Å². The van der Waals surface area contributed by atoms with Gasteiger partial charge in [-0.15, -0.1) is 4.99 Å². The topological polar surface area (TPSA) is 58.9 Å². The molecule has 0 bridgehead atoms. The Balaban J connectivity index is 3.46. The van der Waals surface area contributed by atoms with Crippen LogP contribution in [-0.4, -0.2) is 18.7 Å². The quantitative estimate of drug-likeness (QED) is 0.232. The van der Waals surface area contributed by atoms with Crippen molar-refractivity contribution in [1.29, 1.82) is 0 Å². The SMILES string of the molecule is O=C=NC#CCCN=C=O. The van der Waals surface area contributed by atoms with Crippen LogP contribution in [0.5, 0.6) is 0 Å². The molecular formula is C6H4N2O2. The van der Waals surface area contributed by atoms with Gasteiger partial charge in [0.25, 0.3) is 0 Å². The fourth-order valence-corrected chi connectivity index (χ4v) is 0.276. The highest BCUT2D eigenvalue weighted by atomic mass is 16.1. The van der Waals surface area contributed by atoms with E-state index in [0.717, 1.165) is 0 Å². The zero-order valence-electron chi connectivity index (χ0n) is 5.13. The molecule has 0 aliphatic heterocycles. The molecule has 0 atom stereocenters. The summed E-state index contributed by atoms with van der Waals surface area (Å²) in [7, 11) is 0. The lowest BCUT2D eigenvalue weighted by Crippen LogP contribution is -1.73. The van der Waals surface area contributed by atoms with Gasteiger partial charge in [-0.3, -0.25) is 0 Å². The lowest BCUT2D eigenvalue weighted by molar-refractivity contribution is 0.563. The maximum absolute atomic E-state index is 9.47. The van der Waals surface area contributed by atoms with Gasteiger partial charge in [-0.25, -0.2) is 14.6 Å². The van der Waals surface area contributed by atoms with Gasteiger partial charge in [-0.2, -0.15) is 0 Å². The molecule has 0 N–H and O–H groups in total. The van der Waals surface area contributed by atoms with Crippen molar-refractivity contribution in [2.75, 3.05) is 6.54 Å². The monoisotopic (exact) mass is 136 g/mol. The zero-order chi connectivity index (χ0) is 7.66. The fourth-order valence-electron chi connectivity index (χ4n) is 0.276. The average molecular weight is 136 g/mol. The predicted octanol–water partition coefficient (Wildman–Crippen LogP) is 0.00900. The van der Waals surface area contributed by atoms with Gasteiger partial charge in [-0.1, -0.05) is 5.92 Å². The minimum atomic E-state index is 0.297. The molecule has 0 saturated carbocycles. The van der Waals surface area contributed by atoms with E-state index in [1.807, 2.05) is 0 Å². The van der Waals surface area contributed by atoms with E-state index in [4.69, 9.17) is 0 Å². The summed E-state index contributed by atoms with van der Waals surface area (Å²) in [6, 6.07) is 2.16.